The van der Waals surface area contributed by atoms with Gasteiger partial charge in [0.25, 0.3) is 11.2 Å². The minimum Gasteiger partial charge on any atom is -0.463 e. The summed E-state index contributed by atoms with van der Waals surface area (Å²) in [4.78, 5) is 42.1. The molecule has 0 unspecified atom stereocenters. The standard InChI is InChI=1S/C23H17Cl2N3O5S/c1-3-33-22(30)19-12(2)26-23-27(20(19)14-5-4-6-16(9-14)28(31)32)21(29)18(34-23)10-13-7-8-15(24)11-17(13)25/h4-11,20H,3H2,1-2H3/t20-/m1/s1. The molecule has 0 spiro atoms. The number of non-ortho nitro benzene ring substituents is 1. The molecule has 1 aliphatic heterocycles. The van der Waals surface area contributed by atoms with Crippen LogP contribution in [0.15, 0.2) is 63.5 Å². The number of aromatic nitrogens is 1. The number of benzene rings is 2. The minimum absolute atomic E-state index is 0.122. The van der Waals surface area contributed by atoms with Crippen molar-refractivity contribution >= 4 is 52.3 Å². The number of ether oxygens (including phenoxy) is 1. The normalized spacial score (nSPS) is 15.6. The van der Waals surface area contributed by atoms with Crippen LogP contribution >= 0.6 is 34.5 Å². The number of thiazole rings is 1. The summed E-state index contributed by atoms with van der Waals surface area (Å²) in [6.45, 7) is 3.43. The number of carbonyl (C=O) groups is 1. The van der Waals surface area contributed by atoms with Crippen molar-refractivity contribution in [2.45, 2.75) is 19.9 Å². The molecule has 0 bridgehead atoms. The predicted molar refractivity (Wildman–Crippen MR) is 130 cm³/mol. The second-order valence-corrected chi connectivity index (χ2v) is 9.17. The number of rotatable bonds is 5. The second kappa shape index (κ2) is 9.54. The molecule has 0 aliphatic carbocycles. The topological polar surface area (TPSA) is 104 Å². The lowest BCUT2D eigenvalue weighted by molar-refractivity contribution is -0.384. The molecule has 4 rings (SSSR count). The molecule has 1 aliphatic rings. The van der Waals surface area contributed by atoms with Gasteiger partial charge < -0.3 is 4.74 Å². The number of carbonyl (C=O) groups excluding carboxylic acids is 1. The molecule has 0 amide bonds. The van der Waals surface area contributed by atoms with E-state index in [1.165, 1.54) is 22.8 Å². The summed E-state index contributed by atoms with van der Waals surface area (Å²) >= 11 is 13.4. The van der Waals surface area contributed by atoms with Crippen LogP contribution in [0, 0.1) is 10.1 Å². The first kappa shape index (κ1) is 23.9. The Hall–Kier alpha value is -3.27. The summed E-state index contributed by atoms with van der Waals surface area (Å²) in [5, 5.41) is 12.2. The number of fused-ring (bicyclic) bond motifs is 1. The first-order chi connectivity index (χ1) is 16.2. The van der Waals surface area contributed by atoms with Crippen LogP contribution in [0.2, 0.25) is 10.0 Å². The number of esters is 1. The molecule has 34 heavy (non-hydrogen) atoms. The van der Waals surface area contributed by atoms with Crippen molar-refractivity contribution in [1.29, 1.82) is 0 Å². The van der Waals surface area contributed by atoms with E-state index < -0.39 is 22.5 Å². The van der Waals surface area contributed by atoms with Crippen molar-refractivity contribution in [2.75, 3.05) is 6.61 Å². The molecule has 2 aromatic carbocycles. The van der Waals surface area contributed by atoms with Gasteiger partial charge >= 0.3 is 5.97 Å². The van der Waals surface area contributed by atoms with Crippen molar-refractivity contribution in [3.8, 4) is 0 Å². The molecule has 3 aromatic rings. The summed E-state index contributed by atoms with van der Waals surface area (Å²) in [5.41, 5.74) is 0.914. The Labute approximate surface area is 207 Å². The number of hydrogen-bond acceptors (Lipinski definition) is 7. The Morgan fingerprint density at radius 3 is 2.74 bits per heavy atom. The van der Waals surface area contributed by atoms with E-state index in [9.17, 15) is 19.7 Å². The predicted octanol–water partition coefficient (Wildman–Crippen LogP) is 4.01. The summed E-state index contributed by atoms with van der Waals surface area (Å²) in [6, 6.07) is 9.80. The fourth-order valence-corrected chi connectivity index (χ4v) is 5.18. The van der Waals surface area contributed by atoms with E-state index in [1.54, 1.807) is 44.2 Å². The van der Waals surface area contributed by atoms with Gasteiger partial charge in [0.15, 0.2) is 4.80 Å². The lowest BCUT2D eigenvalue weighted by Crippen LogP contribution is -2.40. The Morgan fingerprint density at radius 2 is 2.06 bits per heavy atom. The van der Waals surface area contributed by atoms with Crippen LogP contribution in [0.25, 0.3) is 6.08 Å². The van der Waals surface area contributed by atoms with Gasteiger partial charge in [0.05, 0.1) is 33.4 Å². The number of nitro benzene ring substituents is 1. The zero-order valence-electron chi connectivity index (χ0n) is 18.0. The highest BCUT2D eigenvalue weighted by atomic mass is 35.5. The van der Waals surface area contributed by atoms with Crippen molar-refractivity contribution in [3.63, 3.8) is 0 Å². The van der Waals surface area contributed by atoms with Gasteiger partial charge in [-0.25, -0.2) is 9.79 Å². The Kier molecular flexibility index (Phi) is 6.70. The maximum Gasteiger partial charge on any atom is 0.338 e. The van der Waals surface area contributed by atoms with Gasteiger partial charge in [0.1, 0.15) is 0 Å². The molecule has 11 heteroatoms. The fourth-order valence-electron chi connectivity index (χ4n) is 3.68. The third-order valence-corrected chi connectivity index (χ3v) is 6.71. The number of nitrogens with zero attached hydrogens (tertiary/aromatic N) is 3. The van der Waals surface area contributed by atoms with Gasteiger partial charge in [-0.3, -0.25) is 19.5 Å². The monoisotopic (exact) mass is 517 g/mol. The van der Waals surface area contributed by atoms with E-state index in [-0.39, 0.29) is 17.9 Å². The van der Waals surface area contributed by atoms with Gasteiger partial charge in [-0.1, -0.05) is 52.7 Å². The van der Waals surface area contributed by atoms with Gasteiger partial charge in [-0.2, -0.15) is 0 Å². The second-order valence-electron chi connectivity index (χ2n) is 7.32. The number of halogens is 2. The number of nitro groups is 1. The SMILES string of the molecule is CCOC(=O)C1=C(C)N=c2sc(=Cc3ccc(Cl)cc3Cl)c(=O)n2[C@@H]1c1cccc([N+](=O)[O-])c1. The number of hydrogen-bond donors (Lipinski definition) is 0. The highest BCUT2D eigenvalue weighted by Crippen LogP contribution is 2.32. The van der Waals surface area contributed by atoms with Crippen molar-refractivity contribution in [1.82, 2.24) is 4.57 Å². The van der Waals surface area contributed by atoms with Crippen LogP contribution in [0.4, 0.5) is 5.69 Å². The zero-order valence-corrected chi connectivity index (χ0v) is 20.3. The average molecular weight is 518 g/mol. The van der Waals surface area contributed by atoms with E-state index in [4.69, 9.17) is 27.9 Å². The van der Waals surface area contributed by atoms with E-state index in [0.717, 1.165) is 11.3 Å². The Balaban J connectivity index is 1.98. The van der Waals surface area contributed by atoms with Gasteiger partial charge in [0, 0.05) is 22.2 Å². The third kappa shape index (κ3) is 4.42. The third-order valence-electron chi connectivity index (χ3n) is 5.16. The van der Waals surface area contributed by atoms with Crippen molar-refractivity contribution < 1.29 is 14.5 Å². The van der Waals surface area contributed by atoms with Gasteiger partial charge in [-0.15, -0.1) is 0 Å². The first-order valence-corrected chi connectivity index (χ1v) is 11.7. The molecule has 0 N–H and O–H groups in total. The molecular weight excluding hydrogens is 501 g/mol. The molecule has 0 saturated carbocycles. The largest absolute Gasteiger partial charge is 0.463 e. The van der Waals surface area contributed by atoms with E-state index in [2.05, 4.69) is 4.99 Å². The molecule has 174 valence electrons. The smallest absolute Gasteiger partial charge is 0.338 e. The van der Waals surface area contributed by atoms with Crippen LogP contribution in [-0.4, -0.2) is 22.1 Å². The molecule has 0 saturated heterocycles. The van der Waals surface area contributed by atoms with E-state index >= 15 is 0 Å². The molecule has 1 atom stereocenters. The lowest BCUT2D eigenvalue weighted by Gasteiger charge is -2.24. The Morgan fingerprint density at radius 1 is 1.29 bits per heavy atom. The molecule has 0 radical (unpaired) electrons. The van der Waals surface area contributed by atoms with E-state index in [1.807, 2.05) is 0 Å². The molecular formula is C23H17Cl2N3O5S. The van der Waals surface area contributed by atoms with Crippen LogP contribution in [0.5, 0.6) is 0 Å². The quantitative estimate of drug-likeness (QED) is 0.289. The van der Waals surface area contributed by atoms with Crippen LogP contribution in [0.1, 0.15) is 31.0 Å². The Bertz CT molecular complexity index is 1540. The highest BCUT2D eigenvalue weighted by molar-refractivity contribution is 7.07. The van der Waals surface area contributed by atoms with Crippen LogP contribution in [0.3, 0.4) is 0 Å². The maximum atomic E-state index is 13.5. The zero-order chi connectivity index (χ0) is 24.6. The summed E-state index contributed by atoms with van der Waals surface area (Å²) in [5.74, 6) is -0.643. The van der Waals surface area contributed by atoms with Crippen molar-refractivity contribution in [2.24, 2.45) is 4.99 Å². The fraction of sp³-hybridized carbons (Fsp3) is 0.174. The number of allylic oxidation sites excluding steroid dienone is 1. The van der Waals surface area contributed by atoms with Crippen LogP contribution < -0.4 is 14.9 Å². The minimum atomic E-state index is -0.946. The summed E-state index contributed by atoms with van der Waals surface area (Å²) in [7, 11) is 0. The van der Waals surface area contributed by atoms with Crippen LogP contribution in [-0.2, 0) is 9.53 Å². The molecule has 8 nitrogen and oxygen atoms in total. The summed E-state index contributed by atoms with van der Waals surface area (Å²) < 4.78 is 6.91. The average Bonchev–Trinajstić information content (AvgIpc) is 3.09. The van der Waals surface area contributed by atoms with Crippen molar-refractivity contribution in [3.05, 3.63) is 105 Å². The first-order valence-electron chi connectivity index (χ1n) is 10.1. The van der Waals surface area contributed by atoms with Gasteiger partial charge in [-0.05, 0) is 43.2 Å². The summed E-state index contributed by atoms with van der Waals surface area (Å²) in [6.07, 6.45) is 1.62. The lowest BCUT2D eigenvalue weighted by atomic mass is 9.95. The molecule has 0 fully saturated rings. The molecule has 2 heterocycles. The van der Waals surface area contributed by atoms with E-state index in [0.29, 0.717) is 36.2 Å². The maximum absolute atomic E-state index is 13.5. The molecule has 1 aromatic heterocycles. The highest BCUT2D eigenvalue weighted by Gasteiger charge is 2.34. The van der Waals surface area contributed by atoms with Gasteiger partial charge in [0.2, 0.25) is 0 Å².